The van der Waals surface area contributed by atoms with Crippen LogP contribution in [0.4, 0.5) is 10.5 Å². The van der Waals surface area contributed by atoms with Crippen LogP contribution >= 0.6 is 15.9 Å². The van der Waals surface area contributed by atoms with Gasteiger partial charge in [-0.1, -0.05) is 0 Å². The van der Waals surface area contributed by atoms with Crippen LogP contribution < -0.4 is 4.90 Å². The lowest BCUT2D eigenvalue weighted by molar-refractivity contribution is 0.168. The van der Waals surface area contributed by atoms with Crippen molar-refractivity contribution in [2.75, 3.05) is 45.2 Å². The number of rotatable bonds is 1. The minimum atomic E-state index is 0.0866. The highest BCUT2D eigenvalue weighted by molar-refractivity contribution is 9.10. The molecule has 0 atom stereocenters. The first-order chi connectivity index (χ1) is 8.58. The van der Waals surface area contributed by atoms with E-state index in [0.717, 1.165) is 36.5 Å². The number of aromatic nitrogens is 1. The summed E-state index contributed by atoms with van der Waals surface area (Å²) >= 11 is 3.33. The minimum absolute atomic E-state index is 0.0866. The summed E-state index contributed by atoms with van der Waals surface area (Å²) in [5.74, 6) is 0. The quantitative estimate of drug-likeness (QED) is 0.740. The average molecular weight is 313 g/mol. The molecule has 0 aromatic carbocycles. The number of nitrogens with zero attached hydrogens (tertiary/aromatic N) is 4. The van der Waals surface area contributed by atoms with Gasteiger partial charge in [-0.25, -0.2) is 9.78 Å². The fraction of sp³-hybridized carbons (Fsp3) is 0.500. The molecule has 5 nitrogen and oxygen atoms in total. The molecule has 0 aliphatic carbocycles. The highest BCUT2D eigenvalue weighted by Crippen LogP contribution is 2.17. The first-order valence-electron chi connectivity index (χ1n) is 5.90. The molecule has 1 aromatic rings. The van der Waals surface area contributed by atoms with Crippen molar-refractivity contribution in [3.05, 3.63) is 22.9 Å². The van der Waals surface area contributed by atoms with E-state index in [9.17, 15) is 4.79 Å². The van der Waals surface area contributed by atoms with Crippen LogP contribution in [0.25, 0.3) is 0 Å². The van der Waals surface area contributed by atoms with Crippen molar-refractivity contribution in [3.8, 4) is 0 Å². The van der Waals surface area contributed by atoms with E-state index in [4.69, 9.17) is 0 Å². The third-order valence-corrected chi connectivity index (χ3v) is 3.48. The zero-order chi connectivity index (χ0) is 13.1. The first kappa shape index (κ1) is 13.1. The number of carbonyl (C=O) groups is 1. The van der Waals surface area contributed by atoms with Gasteiger partial charge in [0.05, 0.1) is 11.9 Å². The Balaban J connectivity index is 1.94. The van der Waals surface area contributed by atoms with E-state index in [2.05, 4.69) is 25.8 Å². The Kier molecular flexibility index (Phi) is 4.06. The number of hydrogen-bond acceptors (Lipinski definition) is 3. The van der Waals surface area contributed by atoms with E-state index >= 15 is 0 Å². The second-order valence-electron chi connectivity index (χ2n) is 4.49. The zero-order valence-corrected chi connectivity index (χ0v) is 12.2. The molecular formula is C12H17BrN4O. The molecule has 1 aromatic heterocycles. The van der Waals surface area contributed by atoms with Crippen LogP contribution in [-0.4, -0.2) is 61.1 Å². The van der Waals surface area contributed by atoms with Gasteiger partial charge in [-0.2, -0.15) is 0 Å². The lowest BCUT2D eigenvalue weighted by atomic mass is 10.3. The van der Waals surface area contributed by atoms with E-state index in [0.29, 0.717) is 0 Å². The summed E-state index contributed by atoms with van der Waals surface area (Å²) in [6, 6.07) is 4.07. The molecule has 98 valence electrons. The van der Waals surface area contributed by atoms with Gasteiger partial charge >= 0.3 is 6.03 Å². The molecule has 0 unspecified atom stereocenters. The molecule has 1 aliphatic rings. The third kappa shape index (κ3) is 2.93. The van der Waals surface area contributed by atoms with Crippen molar-refractivity contribution in [1.29, 1.82) is 0 Å². The Labute approximate surface area is 116 Å². The van der Waals surface area contributed by atoms with E-state index in [1.165, 1.54) is 0 Å². The van der Waals surface area contributed by atoms with Gasteiger partial charge in [-0.05, 0) is 28.1 Å². The van der Waals surface area contributed by atoms with Crippen molar-refractivity contribution in [3.63, 3.8) is 0 Å². The van der Waals surface area contributed by atoms with Crippen molar-refractivity contribution < 1.29 is 4.79 Å². The monoisotopic (exact) mass is 312 g/mol. The van der Waals surface area contributed by atoms with Gasteiger partial charge in [0.1, 0.15) is 4.60 Å². The average Bonchev–Trinajstić information content (AvgIpc) is 2.39. The normalized spacial score (nSPS) is 15.7. The largest absolute Gasteiger partial charge is 0.367 e. The Morgan fingerprint density at radius 1 is 1.28 bits per heavy atom. The molecule has 1 fully saturated rings. The predicted octanol–water partition coefficient (Wildman–Crippen LogP) is 1.65. The van der Waals surface area contributed by atoms with Gasteiger partial charge in [0.2, 0.25) is 0 Å². The highest BCUT2D eigenvalue weighted by Gasteiger charge is 2.22. The van der Waals surface area contributed by atoms with Crippen LogP contribution in [0.15, 0.2) is 22.9 Å². The van der Waals surface area contributed by atoms with Crippen LogP contribution in [-0.2, 0) is 0 Å². The van der Waals surface area contributed by atoms with Gasteiger partial charge in [-0.3, -0.25) is 0 Å². The smallest absolute Gasteiger partial charge is 0.319 e. The molecule has 0 N–H and O–H groups in total. The Bertz CT molecular complexity index is 413. The second-order valence-corrected chi connectivity index (χ2v) is 5.30. The fourth-order valence-corrected chi connectivity index (χ4v) is 2.23. The Morgan fingerprint density at radius 3 is 2.44 bits per heavy atom. The molecule has 0 radical (unpaired) electrons. The highest BCUT2D eigenvalue weighted by atomic mass is 79.9. The van der Waals surface area contributed by atoms with Crippen molar-refractivity contribution in [2.24, 2.45) is 0 Å². The summed E-state index contributed by atoms with van der Waals surface area (Å²) in [5, 5.41) is 0. The molecule has 0 spiro atoms. The maximum Gasteiger partial charge on any atom is 0.319 e. The summed E-state index contributed by atoms with van der Waals surface area (Å²) in [7, 11) is 3.57. The van der Waals surface area contributed by atoms with Crippen LogP contribution in [0.1, 0.15) is 0 Å². The summed E-state index contributed by atoms with van der Waals surface area (Å²) in [5.41, 5.74) is 1.11. The number of pyridine rings is 1. The lowest BCUT2D eigenvalue weighted by Crippen LogP contribution is -2.51. The van der Waals surface area contributed by atoms with E-state index in [1.54, 1.807) is 19.0 Å². The molecule has 18 heavy (non-hydrogen) atoms. The topological polar surface area (TPSA) is 39.7 Å². The number of hydrogen-bond donors (Lipinski definition) is 0. The zero-order valence-electron chi connectivity index (χ0n) is 10.6. The van der Waals surface area contributed by atoms with Gasteiger partial charge < -0.3 is 14.7 Å². The number of urea groups is 1. The van der Waals surface area contributed by atoms with Gasteiger partial charge in [0, 0.05) is 40.3 Å². The van der Waals surface area contributed by atoms with Crippen LogP contribution in [0.2, 0.25) is 0 Å². The standard InChI is InChI=1S/C12H17BrN4O/c1-15(2)12(18)17-7-5-16(6-8-17)10-3-4-11(13)14-9-10/h3-4,9H,5-8H2,1-2H3. The van der Waals surface area contributed by atoms with Gasteiger partial charge in [0.25, 0.3) is 0 Å². The number of halogens is 1. The van der Waals surface area contributed by atoms with Crippen LogP contribution in [0.3, 0.4) is 0 Å². The minimum Gasteiger partial charge on any atom is -0.367 e. The van der Waals surface area contributed by atoms with Gasteiger partial charge in [0.15, 0.2) is 0 Å². The Hall–Kier alpha value is -1.30. The number of anilines is 1. The number of amides is 2. The fourth-order valence-electron chi connectivity index (χ4n) is 1.99. The SMILES string of the molecule is CN(C)C(=O)N1CCN(c2ccc(Br)nc2)CC1. The molecule has 0 bridgehead atoms. The predicted molar refractivity (Wildman–Crippen MR) is 74.8 cm³/mol. The number of piperazine rings is 1. The van der Waals surface area contributed by atoms with E-state index < -0.39 is 0 Å². The van der Waals surface area contributed by atoms with E-state index in [-0.39, 0.29) is 6.03 Å². The maximum atomic E-state index is 11.8. The maximum absolute atomic E-state index is 11.8. The van der Waals surface area contributed by atoms with Crippen molar-refractivity contribution >= 4 is 27.6 Å². The lowest BCUT2D eigenvalue weighted by Gasteiger charge is -2.36. The summed E-state index contributed by atoms with van der Waals surface area (Å²) in [6.07, 6.45) is 1.85. The second kappa shape index (κ2) is 5.56. The van der Waals surface area contributed by atoms with Gasteiger partial charge in [-0.15, -0.1) is 0 Å². The van der Waals surface area contributed by atoms with Crippen LogP contribution in [0, 0.1) is 0 Å². The number of carbonyl (C=O) groups excluding carboxylic acids is 1. The van der Waals surface area contributed by atoms with E-state index in [1.807, 2.05) is 23.2 Å². The Morgan fingerprint density at radius 2 is 1.94 bits per heavy atom. The summed E-state index contributed by atoms with van der Waals surface area (Å²) in [6.45, 7) is 3.21. The summed E-state index contributed by atoms with van der Waals surface area (Å²) in [4.78, 5) is 21.8. The molecule has 1 aliphatic heterocycles. The summed E-state index contributed by atoms with van der Waals surface area (Å²) < 4.78 is 0.840. The van der Waals surface area contributed by atoms with Crippen LogP contribution in [0.5, 0.6) is 0 Å². The molecular weight excluding hydrogens is 296 g/mol. The molecule has 2 rings (SSSR count). The first-order valence-corrected chi connectivity index (χ1v) is 6.70. The molecule has 2 heterocycles. The van der Waals surface area contributed by atoms with Crippen molar-refractivity contribution in [1.82, 2.24) is 14.8 Å². The molecule has 1 saturated heterocycles. The third-order valence-electron chi connectivity index (χ3n) is 3.01. The molecule has 2 amide bonds. The van der Waals surface area contributed by atoms with Crippen molar-refractivity contribution in [2.45, 2.75) is 0 Å². The molecule has 0 saturated carbocycles. The molecule has 6 heteroatoms.